The summed E-state index contributed by atoms with van der Waals surface area (Å²) in [7, 11) is 1.90. The second-order valence-electron chi connectivity index (χ2n) is 3.88. The Morgan fingerprint density at radius 2 is 2.06 bits per heavy atom. The molecule has 16 heavy (non-hydrogen) atoms. The van der Waals surface area contributed by atoms with Crippen molar-refractivity contribution in [1.29, 1.82) is 0 Å². The lowest BCUT2D eigenvalue weighted by Gasteiger charge is -2.11. The summed E-state index contributed by atoms with van der Waals surface area (Å²) in [5, 5.41) is 3.07. The molecular formula is C12H17F2NO. The van der Waals surface area contributed by atoms with Crippen LogP contribution >= 0.6 is 0 Å². The molecule has 0 radical (unpaired) electrons. The van der Waals surface area contributed by atoms with E-state index in [2.05, 4.69) is 12.2 Å². The Balaban J connectivity index is 2.34. The van der Waals surface area contributed by atoms with E-state index in [0.717, 1.165) is 25.1 Å². The molecular weight excluding hydrogens is 212 g/mol. The summed E-state index contributed by atoms with van der Waals surface area (Å²) in [6, 6.07) is 3.57. The second-order valence-corrected chi connectivity index (χ2v) is 3.88. The van der Waals surface area contributed by atoms with Crippen LogP contribution < -0.4 is 10.1 Å². The first-order valence-corrected chi connectivity index (χ1v) is 5.36. The molecule has 90 valence electrons. The zero-order valence-electron chi connectivity index (χ0n) is 9.59. The minimum Gasteiger partial charge on any atom is -0.493 e. The topological polar surface area (TPSA) is 21.3 Å². The standard InChI is InChI=1S/C12H17F2NO/c1-9(8-15-2)5-6-16-10-3-4-11(13)12(14)7-10/h3-4,7,9,15H,5-6,8H2,1-2H3. The highest BCUT2D eigenvalue weighted by atomic mass is 19.2. The van der Waals surface area contributed by atoms with Gasteiger partial charge in [-0.3, -0.25) is 0 Å². The Morgan fingerprint density at radius 1 is 1.31 bits per heavy atom. The van der Waals surface area contributed by atoms with Crippen molar-refractivity contribution in [3.05, 3.63) is 29.8 Å². The van der Waals surface area contributed by atoms with E-state index in [1.165, 1.54) is 6.07 Å². The van der Waals surface area contributed by atoms with Crippen LogP contribution in [0.15, 0.2) is 18.2 Å². The highest BCUT2D eigenvalue weighted by Gasteiger charge is 2.04. The van der Waals surface area contributed by atoms with Gasteiger partial charge in [-0.1, -0.05) is 6.92 Å². The Morgan fingerprint density at radius 3 is 2.69 bits per heavy atom. The van der Waals surface area contributed by atoms with Crippen molar-refractivity contribution in [3.8, 4) is 5.75 Å². The van der Waals surface area contributed by atoms with Crippen LogP contribution in [0.4, 0.5) is 8.78 Å². The molecule has 0 aliphatic heterocycles. The van der Waals surface area contributed by atoms with Crippen LogP contribution in [0, 0.1) is 17.6 Å². The van der Waals surface area contributed by atoms with Crippen molar-refractivity contribution in [1.82, 2.24) is 5.32 Å². The van der Waals surface area contributed by atoms with Gasteiger partial charge in [-0.25, -0.2) is 8.78 Å². The highest BCUT2D eigenvalue weighted by molar-refractivity contribution is 5.23. The third-order valence-electron chi connectivity index (χ3n) is 2.32. The number of benzene rings is 1. The van der Waals surface area contributed by atoms with Gasteiger partial charge in [0.2, 0.25) is 0 Å². The highest BCUT2D eigenvalue weighted by Crippen LogP contribution is 2.16. The van der Waals surface area contributed by atoms with Crippen LogP contribution in [0.2, 0.25) is 0 Å². The Hall–Kier alpha value is -1.16. The largest absolute Gasteiger partial charge is 0.493 e. The minimum atomic E-state index is -0.874. The number of hydrogen-bond donors (Lipinski definition) is 1. The van der Waals surface area contributed by atoms with Crippen LogP contribution in [0.5, 0.6) is 5.75 Å². The SMILES string of the molecule is CNCC(C)CCOc1ccc(F)c(F)c1. The summed E-state index contributed by atoms with van der Waals surface area (Å²) in [5.41, 5.74) is 0. The third kappa shape index (κ3) is 4.14. The van der Waals surface area contributed by atoms with E-state index in [1.54, 1.807) is 0 Å². The van der Waals surface area contributed by atoms with Crippen molar-refractivity contribution >= 4 is 0 Å². The summed E-state index contributed by atoms with van der Waals surface area (Å²) in [5.74, 6) is -0.859. The molecule has 0 amide bonds. The fourth-order valence-electron chi connectivity index (χ4n) is 1.40. The van der Waals surface area contributed by atoms with E-state index in [1.807, 2.05) is 7.05 Å². The maximum absolute atomic E-state index is 12.8. The molecule has 1 rings (SSSR count). The van der Waals surface area contributed by atoms with Crippen LogP contribution in [0.25, 0.3) is 0 Å². The Bertz CT molecular complexity index is 331. The molecule has 1 aromatic rings. The number of rotatable bonds is 6. The normalized spacial score (nSPS) is 12.5. The van der Waals surface area contributed by atoms with E-state index in [9.17, 15) is 8.78 Å². The van der Waals surface area contributed by atoms with E-state index in [-0.39, 0.29) is 0 Å². The van der Waals surface area contributed by atoms with Gasteiger partial charge in [0.25, 0.3) is 0 Å². The van der Waals surface area contributed by atoms with Gasteiger partial charge in [0, 0.05) is 6.07 Å². The fraction of sp³-hybridized carbons (Fsp3) is 0.500. The maximum atomic E-state index is 12.8. The first-order chi connectivity index (χ1) is 7.63. The van der Waals surface area contributed by atoms with Crippen molar-refractivity contribution < 1.29 is 13.5 Å². The average molecular weight is 229 g/mol. The molecule has 0 aliphatic carbocycles. The predicted octanol–water partition coefficient (Wildman–Crippen LogP) is 2.59. The third-order valence-corrected chi connectivity index (χ3v) is 2.32. The predicted molar refractivity (Wildman–Crippen MR) is 59.6 cm³/mol. The lowest BCUT2D eigenvalue weighted by atomic mass is 10.1. The molecule has 0 fully saturated rings. The van der Waals surface area contributed by atoms with Gasteiger partial charge in [-0.15, -0.1) is 0 Å². The number of nitrogens with one attached hydrogen (secondary N) is 1. The number of hydrogen-bond acceptors (Lipinski definition) is 2. The summed E-state index contributed by atoms with van der Waals surface area (Å²) >= 11 is 0. The van der Waals surface area contributed by atoms with Gasteiger partial charge >= 0.3 is 0 Å². The molecule has 0 aromatic heterocycles. The first kappa shape index (κ1) is 12.9. The molecule has 0 aliphatic rings. The molecule has 4 heteroatoms. The van der Waals surface area contributed by atoms with Crippen molar-refractivity contribution in [2.24, 2.45) is 5.92 Å². The lowest BCUT2D eigenvalue weighted by Crippen LogP contribution is -2.18. The molecule has 0 heterocycles. The van der Waals surface area contributed by atoms with Gasteiger partial charge in [0.1, 0.15) is 5.75 Å². The molecule has 0 bridgehead atoms. The second kappa shape index (κ2) is 6.43. The quantitative estimate of drug-likeness (QED) is 0.809. The van der Waals surface area contributed by atoms with Crippen molar-refractivity contribution in [2.75, 3.05) is 20.2 Å². The summed E-state index contributed by atoms with van der Waals surface area (Å²) in [6.45, 7) is 3.53. The van der Waals surface area contributed by atoms with E-state index < -0.39 is 11.6 Å². The average Bonchev–Trinajstić information content (AvgIpc) is 2.24. The number of halogens is 2. The molecule has 0 spiro atoms. The molecule has 1 N–H and O–H groups in total. The minimum absolute atomic E-state index is 0.371. The molecule has 0 saturated heterocycles. The van der Waals surface area contributed by atoms with Crippen LogP contribution in [0.1, 0.15) is 13.3 Å². The van der Waals surface area contributed by atoms with Crippen LogP contribution in [-0.2, 0) is 0 Å². The molecule has 2 nitrogen and oxygen atoms in total. The number of ether oxygens (including phenoxy) is 1. The van der Waals surface area contributed by atoms with Crippen molar-refractivity contribution in [3.63, 3.8) is 0 Å². The molecule has 1 atom stereocenters. The smallest absolute Gasteiger partial charge is 0.162 e. The van der Waals surface area contributed by atoms with E-state index in [4.69, 9.17) is 4.74 Å². The maximum Gasteiger partial charge on any atom is 0.162 e. The summed E-state index contributed by atoms with van der Waals surface area (Å²) < 4.78 is 30.8. The van der Waals surface area contributed by atoms with Crippen LogP contribution in [0.3, 0.4) is 0 Å². The summed E-state index contributed by atoms with van der Waals surface area (Å²) in [6.07, 6.45) is 0.875. The van der Waals surface area contributed by atoms with E-state index in [0.29, 0.717) is 18.3 Å². The Labute approximate surface area is 94.6 Å². The van der Waals surface area contributed by atoms with Gasteiger partial charge in [0.05, 0.1) is 6.61 Å². The van der Waals surface area contributed by atoms with Crippen molar-refractivity contribution in [2.45, 2.75) is 13.3 Å². The van der Waals surface area contributed by atoms with E-state index >= 15 is 0 Å². The molecule has 1 aromatic carbocycles. The van der Waals surface area contributed by atoms with Gasteiger partial charge in [-0.2, -0.15) is 0 Å². The zero-order valence-corrected chi connectivity index (χ0v) is 9.59. The fourth-order valence-corrected chi connectivity index (χ4v) is 1.40. The molecule has 1 unspecified atom stereocenters. The molecule has 0 saturated carbocycles. The lowest BCUT2D eigenvalue weighted by molar-refractivity contribution is 0.280. The van der Waals surface area contributed by atoms with Gasteiger partial charge in [0.15, 0.2) is 11.6 Å². The summed E-state index contributed by atoms with van der Waals surface area (Å²) in [4.78, 5) is 0. The monoisotopic (exact) mass is 229 g/mol. The Kier molecular flexibility index (Phi) is 5.19. The zero-order chi connectivity index (χ0) is 12.0. The first-order valence-electron chi connectivity index (χ1n) is 5.36. The van der Waals surface area contributed by atoms with Gasteiger partial charge in [-0.05, 0) is 38.1 Å². The van der Waals surface area contributed by atoms with Crippen LogP contribution in [-0.4, -0.2) is 20.2 Å². The van der Waals surface area contributed by atoms with Gasteiger partial charge < -0.3 is 10.1 Å².